The maximum atomic E-state index is 12.6. The van der Waals surface area contributed by atoms with Gasteiger partial charge in [0.2, 0.25) is 0 Å². The zero-order valence-corrected chi connectivity index (χ0v) is 15.4. The molecule has 0 aromatic heterocycles. The zero-order chi connectivity index (χ0) is 18.4. The van der Waals surface area contributed by atoms with Crippen LogP contribution in [0.2, 0.25) is 0 Å². The third kappa shape index (κ3) is 4.51. The Morgan fingerprint density at radius 2 is 1.77 bits per heavy atom. The summed E-state index contributed by atoms with van der Waals surface area (Å²) in [5.41, 5.74) is 1.78. The monoisotopic (exact) mass is 353 g/mol. The maximum absolute atomic E-state index is 12.6. The van der Waals surface area contributed by atoms with Crippen molar-refractivity contribution in [2.75, 3.05) is 6.61 Å². The van der Waals surface area contributed by atoms with E-state index in [-0.39, 0.29) is 30.1 Å². The van der Waals surface area contributed by atoms with Crippen LogP contribution < -0.4 is 5.32 Å². The predicted octanol–water partition coefficient (Wildman–Crippen LogP) is 3.82. The van der Waals surface area contributed by atoms with Crippen LogP contribution >= 0.6 is 0 Å². The molecule has 1 aliphatic heterocycles. The Labute approximate surface area is 155 Å². The van der Waals surface area contributed by atoms with Gasteiger partial charge in [0.25, 0.3) is 5.91 Å². The highest BCUT2D eigenvalue weighted by Crippen LogP contribution is 2.27. The highest BCUT2D eigenvalue weighted by molar-refractivity contribution is 5.94. The van der Waals surface area contributed by atoms with Gasteiger partial charge in [0.1, 0.15) is 0 Å². The molecule has 1 heterocycles. The van der Waals surface area contributed by atoms with E-state index in [9.17, 15) is 4.79 Å². The van der Waals surface area contributed by atoms with E-state index in [1.807, 2.05) is 48.5 Å². The third-order valence-corrected chi connectivity index (χ3v) is 5.03. The van der Waals surface area contributed by atoms with Crippen LogP contribution in [0.25, 0.3) is 0 Å². The number of carbonyl (C=O) groups excluding carboxylic acids is 1. The van der Waals surface area contributed by atoms with Crippen LogP contribution in [0.3, 0.4) is 0 Å². The number of ether oxygens (including phenoxy) is 2. The third-order valence-electron chi connectivity index (χ3n) is 5.03. The van der Waals surface area contributed by atoms with Crippen molar-refractivity contribution in [3.8, 4) is 0 Å². The van der Waals surface area contributed by atoms with Gasteiger partial charge in [-0.05, 0) is 24.1 Å². The van der Waals surface area contributed by atoms with Crippen LogP contribution in [0.1, 0.15) is 36.2 Å². The van der Waals surface area contributed by atoms with Crippen molar-refractivity contribution in [1.29, 1.82) is 0 Å². The lowest BCUT2D eigenvalue weighted by atomic mass is 9.88. The zero-order valence-electron chi connectivity index (χ0n) is 15.4. The van der Waals surface area contributed by atoms with Crippen molar-refractivity contribution in [1.82, 2.24) is 5.32 Å². The average molecular weight is 353 g/mol. The summed E-state index contributed by atoms with van der Waals surface area (Å²) in [5, 5.41) is 3.11. The Morgan fingerprint density at radius 3 is 2.42 bits per heavy atom. The van der Waals surface area contributed by atoms with Crippen molar-refractivity contribution in [3.63, 3.8) is 0 Å². The topological polar surface area (TPSA) is 47.6 Å². The molecule has 1 N–H and O–H groups in total. The van der Waals surface area contributed by atoms with Gasteiger partial charge in [0, 0.05) is 11.5 Å². The second kappa shape index (κ2) is 8.97. The Kier molecular flexibility index (Phi) is 6.42. The van der Waals surface area contributed by atoms with Gasteiger partial charge < -0.3 is 14.8 Å². The van der Waals surface area contributed by atoms with E-state index >= 15 is 0 Å². The second-order valence-corrected chi connectivity index (χ2v) is 6.85. The number of hydrogen-bond acceptors (Lipinski definition) is 3. The lowest BCUT2D eigenvalue weighted by molar-refractivity contribution is -0.133. The summed E-state index contributed by atoms with van der Waals surface area (Å²) in [6.07, 6.45) is 1.01. The molecule has 1 fully saturated rings. The van der Waals surface area contributed by atoms with E-state index < -0.39 is 0 Å². The number of rotatable bonds is 6. The first-order chi connectivity index (χ1) is 12.7. The standard InChI is InChI=1S/C22H27NO3/c1-3-20-16(2)21(26-14-17-10-6-4-7-11-17)19(15-25-20)23-22(24)18-12-8-5-9-13-18/h4-13,16,19-21H,3,14-15H2,1-2H3,(H,23,24)/t16-,19+,20+,21-/m0/s1. The lowest BCUT2D eigenvalue weighted by Gasteiger charge is -2.41. The molecule has 0 bridgehead atoms. The molecule has 138 valence electrons. The van der Waals surface area contributed by atoms with Gasteiger partial charge in [-0.15, -0.1) is 0 Å². The molecule has 3 rings (SSSR count). The number of benzene rings is 2. The Hall–Kier alpha value is -2.17. The molecule has 0 unspecified atom stereocenters. The van der Waals surface area contributed by atoms with Crippen LogP contribution in [0.4, 0.5) is 0 Å². The Bertz CT molecular complexity index is 689. The van der Waals surface area contributed by atoms with Gasteiger partial charge >= 0.3 is 0 Å². The van der Waals surface area contributed by atoms with Gasteiger partial charge in [-0.2, -0.15) is 0 Å². The SMILES string of the molecule is CC[C@H]1OC[C@@H](NC(=O)c2ccccc2)[C@@H](OCc2ccccc2)[C@H]1C. The summed E-state index contributed by atoms with van der Waals surface area (Å²) >= 11 is 0. The molecule has 2 aromatic carbocycles. The maximum Gasteiger partial charge on any atom is 0.251 e. The number of hydrogen-bond donors (Lipinski definition) is 1. The van der Waals surface area contributed by atoms with Gasteiger partial charge in [0.15, 0.2) is 0 Å². The minimum absolute atomic E-state index is 0.0819. The van der Waals surface area contributed by atoms with Gasteiger partial charge in [-0.3, -0.25) is 4.79 Å². The first-order valence-electron chi connectivity index (χ1n) is 9.32. The minimum atomic E-state index is -0.163. The fraction of sp³-hybridized carbons (Fsp3) is 0.409. The molecule has 0 spiro atoms. The van der Waals surface area contributed by atoms with E-state index in [2.05, 4.69) is 31.3 Å². The molecule has 1 amide bonds. The lowest BCUT2D eigenvalue weighted by Crippen LogP contribution is -2.56. The summed E-state index contributed by atoms with van der Waals surface area (Å²) in [6.45, 7) is 5.27. The van der Waals surface area contributed by atoms with Crippen LogP contribution in [0, 0.1) is 5.92 Å². The highest BCUT2D eigenvalue weighted by Gasteiger charge is 2.38. The number of amides is 1. The number of carbonyl (C=O) groups is 1. The van der Waals surface area contributed by atoms with Crippen LogP contribution in [0.15, 0.2) is 60.7 Å². The highest BCUT2D eigenvalue weighted by atomic mass is 16.5. The largest absolute Gasteiger partial charge is 0.376 e. The molecule has 1 saturated heterocycles. The van der Waals surface area contributed by atoms with Crippen molar-refractivity contribution >= 4 is 5.91 Å². The molecular formula is C22H27NO3. The van der Waals surface area contributed by atoms with E-state index in [4.69, 9.17) is 9.47 Å². The molecule has 0 aliphatic carbocycles. The summed E-state index contributed by atoms with van der Waals surface area (Å²) in [4.78, 5) is 12.6. The molecule has 1 aliphatic rings. The predicted molar refractivity (Wildman–Crippen MR) is 102 cm³/mol. The molecule has 0 saturated carbocycles. The van der Waals surface area contributed by atoms with Crippen molar-refractivity contribution in [2.24, 2.45) is 5.92 Å². The van der Waals surface area contributed by atoms with E-state index in [1.165, 1.54) is 0 Å². The molecule has 0 radical (unpaired) electrons. The minimum Gasteiger partial charge on any atom is -0.376 e. The summed E-state index contributed by atoms with van der Waals surface area (Å²) in [5.74, 6) is 0.119. The molecular weight excluding hydrogens is 326 g/mol. The van der Waals surface area contributed by atoms with Crippen LogP contribution in [-0.4, -0.2) is 30.8 Å². The Balaban J connectivity index is 1.70. The summed E-state index contributed by atoms with van der Waals surface area (Å²) in [7, 11) is 0. The Morgan fingerprint density at radius 1 is 1.12 bits per heavy atom. The number of nitrogens with one attached hydrogen (secondary N) is 1. The first kappa shape index (κ1) is 18.6. The molecule has 2 aromatic rings. The molecule has 4 nitrogen and oxygen atoms in total. The van der Waals surface area contributed by atoms with Gasteiger partial charge in [-0.25, -0.2) is 0 Å². The molecule has 26 heavy (non-hydrogen) atoms. The fourth-order valence-electron chi connectivity index (χ4n) is 3.54. The first-order valence-corrected chi connectivity index (χ1v) is 9.32. The quantitative estimate of drug-likeness (QED) is 0.859. The van der Waals surface area contributed by atoms with Crippen molar-refractivity contribution < 1.29 is 14.3 Å². The fourth-order valence-corrected chi connectivity index (χ4v) is 3.54. The van der Waals surface area contributed by atoms with Gasteiger partial charge in [-0.1, -0.05) is 62.4 Å². The second-order valence-electron chi connectivity index (χ2n) is 6.85. The normalized spacial score (nSPS) is 25.6. The van der Waals surface area contributed by atoms with Crippen molar-refractivity contribution in [3.05, 3.63) is 71.8 Å². The summed E-state index contributed by atoms with van der Waals surface area (Å²) < 4.78 is 12.2. The molecule has 4 heteroatoms. The van der Waals surface area contributed by atoms with E-state index in [0.717, 1.165) is 12.0 Å². The summed E-state index contributed by atoms with van der Waals surface area (Å²) in [6, 6.07) is 19.2. The van der Waals surface area contributed by atoms with Crippen LogP contribution in [-0.2, 0) is 16.1 Å². The van der Waals surface area contributed by atoms with Crippen LogP contribution in [0.5, 0.6) is 0 Å². The van der Waals surface area contributed by atoms with E-state index in [0.29, 0.717) is 18.8 Å². The molecule has 4 atom stereocenters. The average Bonchev–Trinajstić information content (AvgIpc) is 2.69. The van der Waals surface area contributed by atoms with Crippen molar-refractivity contribution in [2.45, 2.75) is 45.1 Å². The van der Waals surface area contributed by atoms with E-state index in [1.54, 1.807) is 0 Å². The van der Waals surface area contributed by atoms with Gasteiger partial charge in [0.05, 0.1) is 31.5 Å². The smallest absolute Gasteiger partial charge is 0.251 e.